The van der Waals surface area contributed by atoms with Crippen LogP contribution in [-0.4, -0.2) is 7.11 Å². The molecule has 0 aliphatic heterocycles. The number of hydrogen-bond donors (Lipinski definition) is 0. The minimum absolute atomic E-state index is 0.429. The fourth-order valence-electron chi connectivity index (χ4n) is 2.94. The lowest BCUT2D eigenvalue weighted by molar-refractivity contribution is 0.419. The number of benzene rings is 2. The minimum Gasteiger partial charge on any atom is -0.496 e. The van der Waals surface area contributed by atoms with Crippen molar-refractivity contribution in [3.8, 4) is 5.75 Å². The van der Waals surface area contributed by atoms with Crippen molar-refractivity contribution in [3.63, 3.8) is 0 Å². The summed E-state index contributed by atoms with van der Waals surface area (Å²) in [7, 11) is 1.73. The smallest absolute Gasteiger partial charge is 0.126 e. The molecule has 2 aromatic rings. The number of methoxy groups -OCH3 is 1. The summed E-state index contributed by atoms with van der Waals surface area (Å²) in [5, 5.41) is 2.50. The Bertz CT molecular complexity index is 618. The van der Waals surface area contributed by atoms with Crippen LogP contribution in [0.1, 0.15) is 30.7 Å². The summed E-state index contributed by atoms with van der Waals surface area (Å²) in [5.74, 6) is 1.68. The number of halogens is 1. The Balaban J connectivity index is 2.10. The molecular formula is C17H19BrO. The molecule has 1 aliphatic rings. The van der Waals surface area contributed by atoms with E-state index in [1.54, 1.807) is 7.11 Å². The molecule has 0 N–H and O–H groups in total. The topological polar surface area (TPSA) is 9.23 Å². The van der Waals surface area contributed by atoms with Crippen molar-refractivity contribution in [3.05, 3.63) is 42.0 Å². The quantitative estimate of drug-likeness (QED) is 0.695. The standard InChI is InChI=1S/C17H19BrO/c1-17(2)10-14(17)16(18)13-8-9-15(19-3)12-7-5-4-6-11(12)13/h4-9,14,16H,10H2,1-3H3. The second kappa shape index (κ2) is 4.52. The van der Waals surface area contributed by atoms with Gasteiger partial charge in [-0.15, -0.1) is 0 Å². The highest BCUT2D eigenvalue weighted by Crippen LogP contribution is 2.61. The third-order valence-electron chi connectivity index (χ3n) is 4.38. The molecule has 0 amide bonds. The van der Waals surface area contributed by atoms with Gasteiger partial charge < -0.3 is 4.74 Å². The van der Waals surface area contributed by atoms with Gasteiger partial charge in [0.25, 0.3) is 0 Å². The van der Waals surface area contributed by atoms with Crippen LogP contribution in [0.25, 0.3) is 10.8 Å². The second-order valence-corrected chi connectivity index (χ2v) is 7.09. The molecule has 0 aromatic heterocycles. The maximum atomic E-state index is 5.46. The Morgan fingerprint density at radius 1 is 1.16 bits per heavy atom. The molecule has 2 heteroatoms. The second-order valence-electron chi connectivity index (χ2n) is 6.10. The average Bonchev–Trinajstić information content (AvgIpc) is 3.05. The van der Waals surface area contributed by atoms with Crippen molar-refractivity contribution in [2.75, 3.05) is 7.11 Å². The van der Waals surface area contributed by atoms with Crippen molar-refractivity contribution in [1.29, 1.82) is 0 Å². The van der Waals surface area contributed by atoms with E-state index in [1.165, 1.54) is 22.8 Å². The molecule has 1 nitrogen and oxygen atoms in total. The van der Waals surface area contributed by atoms with Gasteiger partial charge in [-0.05, 0) is 34.8 Å². The molecule has 0 radical (unpaired) electrons. The van der Waals surface area contributed by atoms with Crippen LogP contribution in [0.2, 0.25) is 0 Å². The van der Waals surface area contributed by atoms with Crippen molar-refractivity contribution >= 4 is 26.7 Å². The first-order valence-electron chi connectivity index (χ1n) is 6.74. The fourth-order valence-corrected chi connectivity index (χ4v) is 4.24. The molecule has 2 aromatic carbocycles. The summed E-state index contributed by atoms with van der Waals surface area (Å²) in [4.78, 5) is 0.429. The fraction of sp³-hybridized carbons (Fsp3) is 0.412. The van der Waals surface area contributed by atoms with Crippen molar-refractivity contribution < 1.29 is 4.74 Å². The van der Waals surface area contributed by atoms with E-state index in [2.05, 4.69) is 66.2 Å². The summed E-state index contributed by atoms with van der Waals surface area (Å²) < 4.78 is 5.46. The summed E-state index contributed by atoms with van der Waals surface area (Å²) >= 11 is 3.92. The molecule has 100 valence electrons. The van der Waals surface area contributed by atoms with Gasteiger partial charge in [0.05, 0.1) is 7.11 Å². The van der Waals surface area contributed by atoms with E-state index in [0.717, 1.165) is 11.7 Å². The van der Waals surface area contributed by atoms with Gasteiger partial charge >= 0.3 is 0 Å². The van der Waals surface area contributed by atoms with Gasteiger partial charge in [-0.1, -0.05) is 60.1 Å². The number of rotatable bonds is 3. The van der Waals surface area contributed by atoms with Gasteiger partial charge in [-0.3, -0.25) is 0 Å². The van der Waals surface area contributed by atoms with E-state index in [-0.39, 0.29) is 0 Å². The van der Waals surface area contributed by atoms with Crippen LogP contribution in [-0.2, 0) is 0 Å². The van der Waals surface area contributed by atoms with Crippen LogP contribution in [0.15, 0.2) is 36.4 Å². The van der Waals surface area contributed by atoms with E-state index in [1.807, 2.05) is 0 Å². The lowest BCUT2D eigenvalue weighted by Gasteiger charge is -2.16. The molecule has 0 saturated heterocycles. The van der Waals surface area contributed by atoms with E-state index in [0.29, 0.717) is 10.2 Å². The van der Waals surface area contributed by atoms with Crippen LogP contribution >= 0.6 is 15.9 Å². The Labute approximate surface area is 123 Å². The minimum atomic E-state index is 0.429. The van der Waals surface area contributed by atoms with Crippen LogP contribution < -0.4 is 4.74 Å². The number of ether oxygens (including phenoxy) is 1. The third-order valence-corrected chi connectivity index (χ3v) is 5.51. The monoisotopic (exact) mass is 318 g/mol. The zero-order valence-corrected chi connectivity index (χ0v) is 13.2. The highest BCUT2D eigenvalue weighted by Gasteiger charge is 2.49. The van der Waals surface area contributed by atoms with Crippen LogP contribution in [0.4, 0.5) is 0 Å². The van der Waals surface area contributed by atoms with Crippen LogP contribution in [0, 0.1) is 11.3 Å². The number of alkyl halides is 1. The van der Waals surface area contributed by atoms with Gasteiger partial charge in [-0.2, -0.15) is 0 Å². The largest absolute Gasteiger partial charge is 0.496 e. The summed E-state index contributed by atoms with van der Waals surface area (Å²) in [5.41, 5.74) is 1.85. The SMILES string of the molecule is COc1ccc(C(Br)C2CC2(C)C)c2ccccc12. The average molecular weight is 319 g/mol. The molecule has 1 aliphatic carbocycles. The van der Waals surface area contributed by atoms with E-state index < -0.39 is 0 Å². The Morgan fingerprint density at radius 3 is 2.37 bits per heavy atom. The molecule has 1 saturated carbocycles. The van der Waals surface area contributed by atoms with Gasteiger partial charge in [-0.25, -0.2) is 0 Å². The molecule has 3 rings (SSSR count). The van der Waals surface area contributed by atoms with Crippen molar-refractivity contribution in [2.45, 2.75) is 25.1 Å². The predicted octanol–water partition coefficient (Wildman–Crippen LogP) is 5.33. The number of fused-ring (bicyclic) bond motifs is 1. The predicted molar refractivity (Wildman–Crippen MR) is 84.1 cm³/mol. The summed E-state index contributed by atoms with van der Waals surface area (Å²) in [6.07, 6.45) is 1.29. The van der Waals surface area contributed by atoms with Gasteiger partial charge in [0.2, 0.25) is 0 Å². The van der Waals surface area contributed by atoms with Crippen LogP contribution in [0.5, 0.6) is 5.75 Å². The van der Waals surface area contributed by atoms with Gasteiger partial charge in [0.15, 0.2) is 0 Å². The lowest BCUT2D eigenvalue weighted by atomic mass is 9.97. The molecule has 0 spiro atoms. The van der Waals surface area contributed by atoms with E-state index >= 15 is 0 Å². The maximum absolute atomic E-state index is 5.46. The van der Waals surface area contributed by atoms with Crippen molar-refractivity contribution in [2.24, 2.45) is 11.3 Å². The summed E-state index contributed by atoms with van der Waals surface area (Å²) in [6, 6.07) is 12.8. The molecule has 2 atom stereocenters. The molecular weight excluding hydrogens is 300 g/mol. The molecule has 0 heterocycles. The highest BCUT2D eigenvalue weighted by atomic mass is 79.9. The third kappa shape index (κ3) is 2.16. The Kier molecular flexibility index (Phi) is 3.09. The zero-order chi connectivity index (χ0) is 13.6. The maximum Gasteiger partial charge on any atom is 0.126 e. The van der Waals surface area contributed by atoms with Gasteiger partial charge in [0, 0.05) is 10.2 Å². The first-order chi connectivity index (χ1) is 9.04. The normalized spacial score (nSPS) is 22.2. The first kappa shape index (κ1) is 13.0. The van der Waals surface area contributed by atoms with Gasteiger partial charge in [0.1, 0.15) is 5.75 Å². The lowest BCUT2D eigenvalue weighted by Crippen LogP contribution is -2.00. The molecule has 1 fully saturated rings. The highest BCUT2D eigenvalue weighted by molar-refractivity contribution is 9.09. The Morgan fingerprint density at radius 2 is 1.79 bits per heavy atom. The molecule has 0 bridgehead atoms. The number of hydrogen-bond acceptors (Lipinski definition) is 1. The molecule has 2 unspecified atom stereocenters. The Hall–Kier alpha value is -1.02. The van der Waals surface area contributed by atoms with Crippen molar-refractivity contribution in [1.82, 2.24) is 0 Å². The molecule has 19 heavy (non-hydrogen) atoms. The van der Waals surface area contributed by atoms with E-state index in [4.69, 9.17) is 4.74 Å². The summed E-state index contributed by atoms with van der Waals surface area (Å²) in [6.45, 7) is 4.69. The van der Waals surface area contributed by atoms with E-state index in [9.17, 15) is 0 Å². The first-order valence-corrected chi connectivity index (χ1v) is 7.66. The van der Waals surface area contributed by atoms with Crippen LogP contribution in [0.3, 0.4) is 0 Å². The zero-order valence-electron chi connectivity index (χ0n) is 11.6.